The van der Waals surface area contributed by atoms with Gasteiger partial charge in [-0.25, -0.2) is 19.7 Å². The number of carbonyl (C=O) groups is 1. The molecule has 32 heavy (non-hydrogen) atoms. The number of fused-ring (bicyclic) bond motifs is 1. The molecule has 11 heteroatoms. The van der Waals surface area contributed by atoms with Crippen LogP contribution < -0.4 is 15.5 Å². The van der Waals surface area contributed by atoms with E-state index in [1.165, 1.54) is 0 Å². The molecule has 0 unspecified atom stereocenters. The molecule has 5 rings (SSSR count). The summed E-state index contributed by atoms with van der Waals surface area (Å²) in [6.45, 7) is 3.39. The van der Waals surface area contributed by atoms with Crippen molar-refractivity contribution < 1.29 is 14.6 Å². The Morgan fingerprint density at radius 3 is 2.38 bits per heavy atom. The van der Waals surface area contributed by atoms with Gasteiger partial charge < -0.3 is 25.4 Å². The van der Waals surface area contributed by atoms with Crippen LogP contribution in [-0.4, -0.2) is 93.4 Å². The van der Waals surface area contributed by atoms with Crippen LogP contribution in [0.4, 0.5) is 23.4 Å². The summed E-state index contributed by atoms with van der Waals surface area (Å²) in [5.74, 6) is 0.702. The number of nitrogens with two attached hydrogens (primary N) is 1. The Morgan fingerprint density at radius 1 is 1.03 bits per heavy atom. The number of rotatable bonds is 4. The Balaban J connectivity index is 0.00000245. The second-order valence-corrected chi connectivity index (χ2v) is 7.36. The van der Waals surface area contributed by atoms with E-state index in [0.717, 1.165) is 34.7 Å². The first-order chi connectivity index (χ1) is 15.1. The Bertz CT molecular complexity index is 1120. The van der Waals surface area contributed by atoms with E-state index in [1.807, 2.05) is 0 Å². The molecule has 3 N–H and O–H groups in total. The Labute approximate surface area is 206 Å². The molecule has 0 saturated carbocycles. The van der Waals surface area contributed by atoms with Crippen molar-refractivity contribution in [3.8, 4) is 11.3 Å². The van der Waals surface area contributed by atoms with Crippen LogP contribution in [0.2, 0.25) is 0 Å². The third-order valence-electron chi connectivity index (χ3n) is 5.48. The third kappa shape index (κ3) is 4.26. The summed E-state index contributed by atoms with van der Waals surface area (Å²) in [6.07, 6.45) is 4.11. The number of hydrogen-bond acceptors (Lipinski definition) is 9. The molecule has 2 aliphatic rings. The predicted octanol–water partition coefficient (Wildman–Crippen LogP) is 1.10. The van der Waals surface area contributed by atoms with Gasteiger partial charge in [-0.1, -0.05) is 0 Å². The number of aromatic carboxylic acids is 1. The number of hydrogen-bond donors (Lipinski definition) is 2. The van der Waals surface area contributed by atoms with Crippen molar-refractivity contribution in [3.05, 3.63) is 47.8 Å². The molecule has 0 aliphatic carbocycles. The fourth-order valence-electron chi connectivity index (χ4n) is 3.88. The molecule has 1 saturated heterocycles. The van der Waals surface area contributed by atoms with Gasteiger partial charge >= 0.3 is 35.5 Å². The molecule has 1 aromatic carbocycles. The SMILES string of the molecule is Nc1ncc(-c2nc(N3CCOCC3)nc3c2CCN3c2ccc(C(=O)O)cc2)cn1.[NaH]. The minimum atomic E-state index is -0.948. The molecule has 0 spiro atoms. The van der Waals surface area contributed by atoms with E-state index < -0.39 is 5.97 Å². The van der Waals surface area contributed by atoms with E-state index in [2.05, 4.69) is 19.8 Å². The zero-order valence-corrected chi connectivity index (χ0v) is 16.7. The summed E-state index contributed by atoms with van der Waals surface area (Å²) in [5, 5.41) is 9.19. The fraction of sp³-hybridized carbons (Fsp3) is 0.286. The van der Waals surface area contributed by atoms with E-state index in [9.17, 15) is 9.90 Å². The number of carboxylic acid groups (broad SMARTS) is 1. The summed E-state index contributed by atoms with van der Waals surface area (Å²) in [5.41, 5.74) is 9.38. The van der Waals surface area contributed by atoms with Crippen molar-refractivity contribution in [2.45, 2.75) is 6.42 Å². The molecular weight excluding hydrogens is 421 g/mol. The molecule has 0 radical (unpaired) electrons. The number of nitrogen functional groups attached to an aromatic ring is 1. The second kappa shape index (κ2) is 9.37. The van der Waals surface area contributed by atoms with Gasteiger partial charge in [-0.2, -0.15) is 4.98 Å². The quantitative estimate of drug-likeness (QED) is 0.565. The first-order valence-electron chi connectivity index (χ1n) is 10.0. The molecule has 0 atom stereocenters. The zero-order valence-electron chi connectivity index (χ0n) is 16.7. The van der Waals surface area contributed by atoms with Crippen LogP contribution in [0, 0.1) is 0 Å². The molecule has 160 valence electrons. The van der Waals surface area contributed by atoms with Gasteiger partial charge in [-0.05, 0) is 30.7 Å². The third-order valence-corrected chi connectivity index (χ3v) is 5.48. The van der Waals surface area contributed by atoms with E-state index in [4.69, 9.17) is 20.4 Å². The molecule has 2 aliphatic heterocycles. The normalized spacial score (nSPS) is 15.2. The van der Waals surface area contributed by atoms with Crippen LogP contribution >= 0.6 is 0 Å². The average Bonchev–Trinajstić information content (AvgIpc) is 3.24. The van der Waals surface area contributed by atoms with Gasteiger partial charge in [-0.3, -0.25) is 0 Å². The minimum absolute atomic E-state index is 0. The van der Waals surface area contributed by atoms with Crippen LogP contribution in [0.1, 0.15) is 15.9 Å². The number of aromatic nitrogens is 4. The number of ether oxygens (including phenoxy) is 1. The molecule has 3 aromatic rings. The van der Waals surface area contributed by atoms with Crippen molar-refractivity contribution in [3.63, 3.8) is 0 Å². The van der Waals surface area contributed by atoms with Crippen LogP contribution in [0.3, 0.4) is 0 Å². The Morgan fingerprint density at radius 2 is 1.72 bits per heavy atom. The van der Waals surface area contributed by atoms with E-state index in [1.54, 1.807) is 36.7 Å². The van der Waals surface area contributed by atoms with Gasteiger partial charge in [0, 0.05) is 48.8 Å². The van der Waals surface area contributed by atoms with Crippen molar-refractivity contribution in [2.75, 3.05) is 48.4 Å². The molecule has 10 nitrogen and oxygen atoms in total. The summed E-state index contributed by atoms with van der Waals surface area (Å²) in [4.78, 5) is 33.4. The number of carboxylic acids is 1. The maximum atomic E-state index is 11.2. The van der Waals surface area contributed by atoms with E-state index >= 15 is 0 Å². The first-order valence-corrected chi connectivity index (χ1v) is 10.0. The Hall–Kier alpha value is -2.79. The van der Waals surface area contributed by atoms with Crippen molar-refractivity contribution in [2.24, 2.45) is 0 Å². The van der Waals surface area contributed by atoms with Crippen LogP contribution in [0.15, 0.2) is 36.7 Å². The van der Waals surface area contributed by atoms with Gasteiger partial charge in [0.2, 0.25) is 11.9 Å². The van der Waals surface area contributed by atoms with Crippen molar-refractivity contribution >= 4 is 58.9 Å². The average molecular weight is 443 g/mol. The molecule has 2 aromatic heterocycles. The predicted molar refractivity (Wildman–Crippen MR) is 122 cm³/mol. The molecule has 0 bridgehead atoms. The number of benzene rings is 1. The maximum absolute atomic E-state index is 11.2. The van der Waals surface area contributed by atoms with Gasteiger partial charge in [0.25, 0.3) is 0 Å². The molecule has 4 heterocycles. The standard InChI is InChI=1S/C21H21N7O3.Na.H/c22-20-23-11-14(12-24-20)17-16-5-6-28(15-3-1-13(2-4-15)19(29)30)18(16)26-21(25-17)27-7-9-31-10-8-27;;/h1-4,11-12H,5-10H2,(H,29,30)(H2,22,23,24);;. The van der Waals surface area contributed by atoms with Gasteiger partial charge in [0.15, 0.2) is 0 Å². The summed E-state index contributed by atoms with van der Waals surface area (Å²) >= 11 is 0. The van der Waals surface area contributed by atoms with Crippen LogP contribution in [0.5, 0.6) is 0 Å². The van der Waals surface area contributed by atoms with E-state index in [-0.39, 0.29) is 41.1 Å². The number of morpholine rings is 1. The van der Waals surface area contributed by atoms with Gasteiger partial charge in [0.1, 0.15) is 5.82 Å². The van der Waals surface area contributed by atoms with Crippen LogP contribution in [-0.2, 0) is 11.2 Å². The fourth-order valence-corrected chi connectivity index (χ4v) is 3.88. The number of nitrogens with zero attached hydrogens (tertiary/aromatic N) is 6. The first kappa shape index (κ1) is 22.4. The van der Waals surface area contributed by atoms with Crippen LogP contribution in [0.25, 0.3) is 11.3 Å². The zero-order chi connectivity index (χ0) is 21.4. The summed E-state index contributed by atoms with van der Waals surface area (Å²) < 4.78 is 5.47. The molecule has 1 fully saturated rings. The van der Waals surface area contributed by atoms with Crippen molar-refractivity contribution in [1.29, 1.82) is 0 Å². The summed E-state index contributed by atoms with van der Waals surface area (Å²) in [6, 6.07) is 6.82. The Kier molecular flexibility index (Phi) is 6.56. The van der Waals surface area contributed by atoms with Gasteiger partial charge in [-0.15, -0.1) is 0 Å². The van der Waals surface area contributed by atoms with Gasteiger partial charge in [0.05, 0.1) is 24.5 Å². The molecular formula is C21H22N7NaO3. The molecule has 0 amide bonds. The van der Waals surface area contributed by atoms with Crippen molar-refractivity contribution in [1.82, 2.24) is 19.9 Å². The summed E-state index contributed by atoms with van der Waals surface area (Å²) in [7, 11) is 0. The monoisotopic (exact) mass is 443 g/mol. The second-order valence-electron chi connectivity index (χ2n) is 7.36. The number of anilines is 4. The topological polar surface area (TPSA) is 131 Å². The van der Waals surface area contributed by atoms with E-state index in [0.29, 0.717) is 38.8 Å².